The van der Waals surface area contributed by atoms with Crippen LogP contribution in [0.1, 0.15) is 5.82 Å². The summed E-state index contributed by atoms with van der Waals surface area (Å²) in [4.78, 5) is 27.3. The monoisotopic (exact) mass is 247 g/mol. The fourth-order valence-electron chi connectivity index (χ4n) is 1.60. The molecule has 18 heavy (non-hydrogen) atoms. The molecule has 0 bridgehead atoms. The van der Waals surface area contributed by atoms with Crippen molar-refractivity contribution in [3.8, 4) is 0 Å². The lowest BCUT2D eigenvalue weighted by atomic mass is 10.2. The van der Waals surface area contributed by atoms with Crippen molar-refractivity contribution in [2.24, 2.45) is 7.05 Å². The molecular formula is C12H13N3O3. The van der Waals surface area contributed by atoms with Crippen LogP contribution in [-0.4, -0.2) is 22.7 Å². The molecule has 0 aliphatic heterocycles. The van der Waals surface area contributed by atoms with Gasteiger partial charge in [-0.05, 0) is 12.1 Å². The number of para-hydroxylation sites is 1. The Labute approximate surface area is 103 Å². The van der Waals surface area contributed by atoms with Gasteiger partial charge in [0.1, 0.15) is 5.82 Å². The Balaban J connectivity index is 2.43. The molecule has 0 atom stereocenters. The minimum Gasteiger partial charge on any atom is -0.441 e. The van der Waals surface area contributed by atoms with Gasteiger partial charge in [-0.3, -0.25) is 9.36 Å². The molecule has 1 aromatic carbocycles. The third-order valence-electron chi connectivity index (χ3n) is 2.61. The molecule has 6 heteroatoms. The van der Waals surface area contributed by atoms with Crippen molar-refractivity contribution in [3.05, 3.63) is 40.4 Å². The maximum absolute atomic E-state index is 12.0. The van der Waals surface area contributed by atoms with Crippen LogP contribution >= 0.6 is 0 Å². The van der Waals surface area contributed by atoms with E-state index in [1.165, 1.54) is 11.6 Å². The second-order valence-electron chi connectivity index (χ2n) is 3.74. The minimum absolute atomic E-state index is 0.0454. The van der Waals surface area contributed by atoms with Crippen LogP contribution in [0.25, 0.3) is 10.9 Å². The Morgan fingerprint density at radius 2 is 2.17 bits per heavy atom. The summed E-state index contributed by atoms with van der Waals surface area (Å²) in [5.41, 5.74) is 0.437. The predicted octanol–water partition coefficient (Wildman–Crippen LogP) is 0.790. The smallest absolute Gasteiger partial charge is 0.407 e. The molecule has 0 fully saturated rings. The first kappa shape index (κ1) is 12.1. The molecule has 2 aromatic rings. The third-order valence-corrected chi connectivity index (χ3v) is 2.61. The molecule has 1 aromatic heterocycles. The average Bonchev–Trinajstić information content (AvgIpc) is 2.41. The van der Waals surface area contributed by atoms with Gasteiger partial charge in [0.15, 0.2) is 6.61 Å². The second-order valence-corrected chi connectivity index (χ2v) is 3.74. The average molecular weight is 247 g/mol. The first-order valence-corrected chi connectivity index (χ1v) is 5.42. The van der Waals surface area contributed by atoms with Crippen molar-refractivity contribution >= 4 is 17.0 Å². The Kier molecular flexibility index (Phi) is 3.27. The van der Waals surface area contributed by atoms with E-state index in [2.05, 4.69) is 10.3 Å². The van der Waals surface area contributed by atoms with Gasteiger partial charge in [0.05, 0.1) is 10.9 Å². The lowest BCUT2D eigenvalue weighted by molar-refractivity contribution is 0.137. The molecule has 2 rings (SSSR count). The third kappa shape index (κ3) is 2.17. The number of ether oxygens (including phenoxy) is 1. The van der Waals surface area contributed by atoms with Gasteiger partial charge in [0.2, 0.25) is 0 Å². The molecule has 94 valence electrons. The summed E-state index contributed by atoms with van der Waals surface area (Å²) in [5, 5.41) is 2.88. The van der Waals surface area contributed by atoms with E-state index in [1.54, 1.807) is 31.3 Å². The molecule has 0 unspecified atom stereocenters. The van der Waals surface area contributed by atoms with Crippen LogP contribution in [0.15, 0.2) is 29.1 Å². The Hall–Kier alpha value is -2.37. The second kappa shape index (κ2) is 4.87. The fraction of sp³-hybridized carbons (Fsp3) is 0.250. The summed E-state index contributed by atoms with van der Waals surface area (Å²) in [6, 6.07) is 7.05. The molecule has 0 radical (unpaired) electrons. The highest BCUT2D eigenvalue weighted by atomic mass is 16.5. The normalized spacial score (nSPS) is 10.3. The molecular weight excluding hydrogens is 234 g/mol. The zero-order valence-electron chi connectivity index (χ0n) is 10.1. The van der Waals surface area contributed by atoms with E-state index < -0.39 is 6.09 Å². The fourth-order valence-corrected chi connectivity index (χ4v) is 1.60. The molecule has 0 spiro atoms. The molecule has 0 saturated carbocycles. The maximum Gasteiger partial charge on any atom is 0.407 e. The summed E-state index contributed by atoms with van der Waals surface area (Å²) in [6.45, 7) is -0.0454. The Morgan fingerprint density at radius 3 is 2.89 bits per heavy atom. The topological polar surface area (TPSA) is 73.2 Å². The molecule has 0 aliphatic rings. The number of nitrogens with zero attached hydrogens (tertiary/aromatic N) is 2. The number of carbonyl (C=O) groups is 1. The number of nitrogens with one attached hydrogen (secondary N) is 1. The van der Waals surface area contributed by atoms with Crippen molar-refractivity contribution < 1.29 is 9.53 Å². The van der Waals surface area contributed by atoms with Gasteiger partial charge in [0, 0.05) is 14.1 Å². The number of hydrogen-bond acceptors (Lipinski definition) is 4. The standard InChI is InChI=1S/C12H13N3O3/c1-13-12(17)18-7-10-14-9-6-4-3-5-8(9)11(16)15(10)2/h3-6H,7H2,1-2H3,(H,13,17). The lowest BCUT2D eigenvalue weighted by Gasteiger charge is -2.09. The van der Waals surface area contributed by atoms with Crippen molar-refractivity contribution in [3.63, 3.8) is 0 Å². The highest BCUT2D eigenvalue weighted by Gasteiger charge is 2.09. The van der Waals surface area contributed by atoms with Crippen LogP contribution < -0.4 is 10.9 Å². The van der Waals surface area contributed by atoms with E-state index >= 15 is 0 Å². The first-order valence-electron chi connectivity index (χ1n) is 5.42. The van der Waals surface area contributed by atoms with Gasteiger partial charge in [-0.25, -0.2) is 9.78 Å². The van der Waals surface area contributed by atoms with Crippen molar-refractivity contribution in [1.29, 1.82) is 0 Å². The summed E-state index contributed by atoms with van der Waals surface area (Å²) < 4.78 is 6.27. The molecule has 1 amide bonds. The molecule has 0 saturated heterocycles. The highest BCUT2D eigenvalue weighted by molar-refractivity contribution is 5.77. The minimum atomic E-state index is -0.558. The number of benzene rings is 1. The molecule has 1 heterocycles. The van der Waals surface area contributed by atoms with Gasteiger partial charge >= 0.3 is 6.09 Å². The van der Waals surface area contributed by atoms with Crippen molar-refractivity contribution in [2.75, 3.05) is 7.05 Å². The summed E-state index contributed by atoms with van der Waals surface area (Å²) in [6.07, 6.45) is -0.558. The molecule has 1 N–H and O–H groups in total. The van der Waals surface area contributed by atoms with Crippen LogP contribution in [0.2, 0.25) is 0 Å². The number of hydrogen-bond donors (Lipinski definition) is 1. The Bertz CT molecular complexity index is 649. The van der Waals surface area contributed by atoms with Crippen molar-refractivity contribution in [2.45, 2.75) is 6.61 Å². The number of fused-ring (bicyclic) bond motifs is 1. The van der Waals surface area contributed by atoms with Crippen LogP contribution in [-0.2, 0) is 18.4 Å². The number of alkyl carbamates (subject to hydrolysis) is 1. The van der Waals surface area contributed by atoms with E-state index in [-0.39, 0.29) is 12.2 Å². The molecule has 6 nitrogen and oxygen atoms in total. The highest BCUT2D eigenvalue weighted by Crippen LogP contribution is 2.07. The number of aromatic nitrogens is 2. The summed E-state index contributed by atoms with van der Waals surface area (Å²) >= 11 is 0. The van der Waals surface area contributed by atoms with Crippen molar-refractivity contribution in [1.82, 2.24) is 14.9 Å². The van der Waals surface area contributed by atoms with E-state index in [0.29, 0.717) is 16.7 Å². The quantitative estimate of drug-likeness (QED) is 0.851. The van der Waals surface area contributed by atoms with E-state index in [1.807, 2.05) is 0 Å². The van der Waals surface area contributed by atoms with Gasteiger partial charge in [-0.15, -0.1) is 0 Å². The van der Waals surface area contributed by atoms with Crippen LogP contribution in [0.5, 0.6) is 0 Å². The van der Waals surface area contributed by atoms with Crippen LogP contribution in [0.3, 0.4) is 0 Å². The maximum atomic E-state index is 12.0. The Morgan fingerprint density at radius 1 is 1.44 bits per heavy atom. The van der Waals surface area contributed by atoms with Gasteiger partial charge in [0.25, 0.3) is 5.56 Å². The van der Waals surface area contributed by atoms with Gasteiger partial charge < -0.3 is 10.1 Å². The van der Waals surface area contributed by atoms with Crippen LogP contribution in [0, 0.1) is 0 Å². The SMILES string of the molecule is CNC(=O)OCc1nc2ccccc2c(=O)n1C. The number of amides is 1. The van der Waals surface area contributed by atoms with Gasteiger partial charge in [-0.1, -0.05) is 12.1 Å². The van der Waals surface area contributed by atoms with E-state index in [4.69, 9.17) is 4.74 Å². The van der Waals surface area contributed by atoms with Crippen LogP contribution in [0.4, 0.5) is 4.79 Å². The van der Waals surface area contributed by atoms with E-state index in [0.717, 1.165) is 0 Å². The molecule has 0 aliphatic carbocycles. The first-order chi connectivity index (χ1) is 8.63. The predicted molar refractivity (Wildman–Crippen MR) is 66.2 cm³/mol. The number of carbonyl (C=O) groups excluding carboxylic acids is 1. The lowest BCUT2D eigenvalue weighted by Crippen LogP contribution is -2.25. The summed E-state index contributed by atoms with van der Waals surface area (Å²) in [5.74, 6) is 0.405. The summed E-state index contributed by atoms with van der Waals surface area (Å²) in [7, 11) is 3.07. The van der Waals surface area contributed by atoms with Gasteiger partial charge in [-0.2, -0.15) is 0 Å². The zero-order chi connectivity index (χ0) is 13.1. The number of rotatable bonds is 2. The zero-order valence-corrected chi connectivity index (χ0v) is 10.1. The van der Waals surface area contributed by atoms with E-state index in [9.17, 15) is 9.59 Å². The largest absolute Gasteiger partial charge is 0.441 e.